The first-order chi connectivity index (χ1) is 9.27. The van der Waals surface area contributed by atoms with Crippen molar-refractivity contribution in [2.24, 2.45) is 5.92 Å². The van der Waals surface area contributed by atoms with Crippen LogP contribution in [0.5, 0.6) is 0 Å². The third-order valence-electron chi connectivity index (χ3n) is 3.89. The Hall–Kier alpha value is -0.820. The molecular formula is C18H31N. The van der Waals surface area contributed by atoms with Gasteiger partial charge in [0.2, 0.25) is 0 Å². The topological polar surface area (TPSA) is 3.24 Å². The lowest BCUT2D eigenvalue weighted by atomic mass is 9.99. The van der Waals surface area contributed by atoms with Crippen molar-refractivity contribution in [3.63, 3.8) is 0 Å². The number of piperidine rings is 1. The Kier molecular flexibility index (Phi) is 8.57. The van der Waals surface area contributed by atoms with E-state index in [4.69, 9.17) is 0 Å². The number of allylic oxidation sites excluding steroid dienone is 5. The van der Waals surface area contributed by atoms with Gasteiger partial charge in [-0.05, 0) is 57.2 Å². The smallest absolute Gasteiger partial charge is 0.00159 e. The molecule has 0 aromatic rings. The molecule has 0 amide bonds. The summed E-state index contributed by atoms with van der Waals surface area (Å²) >= 11 is 0. The highest BCUT2D eigenvalue weighted by Crippen LogP contribution is 2.15. The van der Waals surface area contributed by atoms with E-state index in [9.17, 15) is 0 Å². The molecule has 0 spiro atoms. The molecule has 1 nitrogen and oxygen atoms in total. The first-order valence-corrected chi connectivity index (χ1v) is 7.99. The van der Waals surface area contributed by atoms with E-state index in [1.54, 1.807) is 0 Å². The number of hydrogen-bond donors (Lipinski definition) is 0. The van der Waals surface area contributed by atoms with Gasteiger partial charge in [-0.15, -0.1) is 0 Å². The van der Waals surface area contributed by atoms with Crippen LogP contribution in [0.4, 0.5) is 0 Å². The zero-order chi connectivity index (χ0) is 13.9. The summed E-state index contributed by atoms with van der Waals surface area (Å²) in [7, 11) is 0. The Labute approximate surface area is 120 Å². The molecule has 108 valence electrons. The van der Waals surface area contributed by atoms with E-state index in [1.807, 2.05) is 0 Å². The minimum absolute atomic E-state index is 0.536. The lowest BCUT2D eigenvalue weighted by Crippen LogP contribution is -2.30. The van der Waals surface area contributed by atoms with E-state index in [-0.39, 0.29) is 0 Å². The fourth-order valence-electron chi connectivity index (χ4n) is 2.62. The van der Waals surface area contributed by atoms with Crippen LogP contribution in [-0.2, 0) is 0 Å². The van der Waals surface area contributed by atoms with Crippen LogP contribution >= 0.6 is 0 Å². The number of hydrogen-bond acceptors (Lipinski definition) is 1. The molecule has 0 N–H and O–H groups in total. The maximum atomic E-state index is 2.60. The summed E-state index contributed by atoms with van der Waals surface area (Å²) in [5.74, 6) is 0.536. The van der Waals surface area contributed by atoms with Gasteiger partial charge in [0.05, 0.1) is 0 Å². The van der Waals surface area contributed by atoms with Crippen molar-refractivity contribution < 1.29 is 0 Å². The molecule has 0 aromatic heterocycles. The van der Waals surface area contributed by atoms with E-state index in [0.717, 1.165) is 6.42 Å². The maximum absolute atomic E-state index is 2.60. The Balaban J connectivity index is 2.28. The molecule has 0 aromatic carbocycles. The molecule has 1 heteroatoms. The van der Waals surface area contributed by atoms with E-state index >= 15 is 0 Å². The van der Waals surface area contributed by atoms with Gasteiger partial charge in [-0.25, -0.2) is 0 Å². The van der Waals surface area contributed by atoms with Crippen molar-refractivity contribution in [2.75, 3.05) is 19.6 Å². The Bertz CT molecular complexity index is 306. The van der Waals surface area contributed by atoms with E-state index < -0.39 is 0 Å². The SMILES string of the molecule is C/C=C(\C=C/CC)C(C)/C=C\CCN1CCCCC1. The van der Waals surface area contributed by atoms with Gasteiger partial charge in [0.25, 0.3) is 0 Å². The predicted molar refractivity (Wildman–Crippen MR) is 86.4 cm³/mol. The molecular weight excluding hydrogens is 230 g/mol. The summed E-state index contributed by atoms with van der Waals surface area (Å²) in [5, 5.41) is 0. The lowest BCUT2D eigenvalue weighted by Gasteiger charge is -2.25. The zero-order valence-corrected chi connectivity index (χ0v) is 13.1. The first kappa shape index (κ1) is 16.2. The molecule has 1 aliphatic heterocycles. The van der Waals surface area contributed by atoms with Crippen LogP contribution in [0, 0.1) is 5.92 Å². The average molecular weight is 261 g/mol. The molecule has 19 heavy (non-hydrogen) atoms. The standard InChI is InChI=1S/C18H31N/c1-4-6-13-18(5-2)17(3)12-8-11-16-19-14-9-7-10-15-19/h5-6,8,12-13,17H,4,7,9-11,14-16H2,1-3H3/b12-8-,13-6-,18-5+. The highest BCUT2D eigenvalue weighted by Gasteiger charge is 2.08. The van der Waals surface area contributed by atoms with E-state index in [1.165, 1.54) is 50.9 Å². The highest BCUT2D eigenvalue weighted by molar-refractivity contribution is 5.24. The molecule has 1 aliphatic rings. The van der Waals surface area contributed by atoms with E-state index in [0.29, 0.717) is 5.92 Å². The Morgan fingerprint density at radius 2 is 1.89 bits per heavy atom. The zero-order valence-electron chi connectivity index (χ0n) is 13.1. The van der Waals surface area contributed by atoms with Crippen molar-refractivity contribution in [3.8, 4) is 0 Å². The van der Waals surface area contributed by atoms with Gasteiger partial charge >= 0.3 is 0 Å². The molecule has 0 bridgehead atoms. The molecule has 0 saturated carbocycles. The monoisotopic (exact) mass is 261 g/mol. The van der Waals surface area contributed by atoms with Crippen LogP contribution in [0.1, 0.15) is 52.9 Å². The van der Waals surface area contributed by atoms with Crippen molar-refractivity contribution >= 4 is 0 Å². The van der Waals surface area contributed by atoms with Gasteiger partial charge in [0.1, 0.15) is 0 Å². The van der Waals surface area contributed by atoms with Gasteiger partial charge < -0.3 is 4.90 Å². The molecule has 1 heterocycles. The van der Waals surface area contributed by atoms with Crippen LogP contribution in [0.25, 0.3) is 0 Å². The largest absolute Gasteiger partial charge is 0.303 e. The predicted octanol–water partition coefficient (Wildman–Crippen LogP) is 4.97. The summed E-state index contributed by atoms with van der Waals surface area (Å²) in [6, 6.07) is 0. The van der Waals surface area contributed by atoms with Crippen LogP contribution in [0.3, 0.4) is 0 Å². The van der Waals surface area contributed by atoms with Crippen molar-refractivity contribution in [1.29, 1.82) is 0 Å². The second kappa shape index (κ2) is 10.0. The number of likely N-dealkylation sites (tertiary alicyclic amines) is 1. The second-order valence-corrected chi connectivity index (χ2v) is 5.51. The van der Waals surface area contributed by atoms with Crippen molar-refractivity contribution in [2.45, 2.75) is 52.9 Å². The molecule has 0 aliphatic carbocycles. The number of nitrogens with zero attached hydrogens (tertiary/aromatic N) is 1. The van der Waals surface area contributed by atoms with Gasteiger partial charge in [0.15, 0.2) is 0 Å². The fraction of sp³-hybridized carbons (Fsp3) is 0.667. The molecule has 1 saturated heterocycles. The summed E-state index contributed by atoms with van der Waals surface area (Å²) in [4.78, 5) is 2.60. The minimum atomic E-state index is 0.536. The summed E-state index contributed by atoms with van der Waals surface area (Å²) < 4.78 is 0. The molecule has 1 rings (SSSR count). The molecule has 1 unspecified atom stereocenters. The van der Waals surface area contributed by atoms with Crippen LogP contribution in [0.15, 0.2) is 36.0 Å². The highest BCUT2D eigenvalue weighted by atomic mass is 15.1. The maximum Gasteiger partial charge on any atom is 0.00159 e. The molecule has 0 radical (unpaired) electrons. The first-order valence-electron chi connectivity index (χ1n) is 7.99. The minimum Gasteiger partial charge on any atom is -0.303 e. The fourth-order valence-corrected chi connectivity index (χ4v) is 2.62. The summed E-state index contributed by atoms with van der Waals surface area (Å²) in [5.41, 5.74) is 1.43. The Morgan fingerprint density at radius 1 is 1.16 bits per heavy atom. The van der Waals surface area contributed by atoms with Gasteiger partial charge in [-0.3, -0.25) is 0 Å². The Morgan fingerprint density at radius 3 is 2.53 bits per heavy atom. The molecule has 1 atom stereocenters. The van der Waals surface area contributed by atoms with E-state index in [2.05, 4.69) is 56.1 Å². The third kappa shape index (κ3) is 6.77. The van der Waals surface area contributed by atoms with Gasteiger partial charge in [-0.2, -0.15) is 0 Å². The van der Waals surface area contributed by atoms with Crippen molar-refractivity contribution in [3.05, 3.63) is 36.0 Å². The normalized spacial score (nSPS) is 20.5. The molecule has 1 fully saturated rings. The summed E-state index contributed by atoms with van der Waals surface area (Å²) in [6.07, 6.45) is 18.0. The van der Waals surface area contributed by atoms with Gasteiger partial charge in [0, 0.05) is 6.54 Å². The van der Waals surface area contributed by atoms with Crippen LogP contribution in [-0.4, -0.2) is 24.5 Å². The van der Waals surface area contributed by atoms with Crippen molar-refractivity contribution in [1.82, 2.24) is 4.90 Å². The third-order valence-corrected chi connectivity index (χ3v) is 3.89. The lowest BCUT2D eigenvalue weighted by molar-refractivity contribution is 0.233. The second-order valence-electron chi connectivity index (χ2n) is 5.51. The quantitative estimate of drug-likeness (QED) is 0.462. The summed E-state index contributed by atoms with van der Waals surface area (Å²) in [6.45, 7) is 10.5. The van der Waals surface area contributed by atoms with Gasteiger partial charge in [-0.1, -0.05) is 50.6 Å². The average Bonchev–Trinajstić information content (AvgIpc) is 2.45. The van der Waals surface area contributed by atoms with Crippen LogP contribution < -0.4 is 0 Å². The van der Waals surface area contributed by atoms with Crippen LogP contribution in [0.2, 0.25) is 0 Å². The number of rotatable bonds is 7.